The lowest BCUT2D eigenvalue weighted by Gasteiger charge is -2.13. The zero-order chi connectivity index (χ0) is 20.6. The van der Waals surface area contributed by atoms with Crippen molar-refractivity contribution in [3.8, 4) is 5.75 Å². The molecule has 1 heterocycles. The normalized spacial score (nSPS) is 10.4. The Morgan fingerprint density at radius 3 is 2.41 bits per heavy atom. The highest BCUT2D eigenvalue weighted by Crippen LogP contribution is 2.27. The first-order valence-electron chi connectivity index (χ1n) is 9.32. The lowest BCUT2D eigenvalue weighted by atomic mass is 10.1. The molecular weight excluding hydrogens is 384 g/mol. The fourth-order valence-corrected chi connectivity index (χ4v) is 3.60. The monoisotopic (exact) mass is 408 g/mol. The number of carbonyl (C=O) groups is 1. The molecule has 0 radical (unpaired) electrons. The summed E-state index contributed by atoms with van der Waals surface area (Å²) in [4.78, 5) is 21.6. The highest BCUT2D eigenvalue weighted by Gasteiger charge is 2.07. The van der Waals surface area contributed by atoms with Crippen LogP contribution in [0.25, 0.3) is 0 Å². The Morgan fingerprint density at radius 1 is 1.00 bits per heavy atom. The van der Waals surface area contributed by atoms with Crippen LogP contribution in [0.15, 0.2) is 64.9 Å². The van der Waals surface area contributed by atoms with Gasteiger partial charge in [-0.15, -0.1) is 0 Å². The first kappa shape index (κ1) is 20.7. The van der Waals surface area contributed by atoms with Crippen molar-refractivity contribution in [2.45, 2.75) is 30.8 Å². The number of rotatable bonds is 7. The van der Waals surface area contributed by atoms with Crippen LogP contribution in [0.2, 0.25) is 0 Å². The Kier molecular flexibility index (Phi) is 7.08. The van der Waals surface area contributed by atoms with E-state index in [9.17, 15) is 4.79 Å². The Labute approximate surface area is 175 Å². The molecule has 0 aliphatic rings. The average Bonchev–Trinajstić information content (AvgIpc) is 2.70. The zero-order valence-corrected chi connectivity index (χ0v) is 17.5. The topological polar surface area (TPSA) is 76.1 Å². The molecule has 0 aliphatic heterocycles. The molecule has 2 amide bonds. The molecule has 2 N–H and O–H groups in total. The molecular formula is C22H24N4O2S. The molecule has 29 heavy (non-hydrogen) atoms. The summed E-state index contributed by atoms with van der Waals surface area (Å²) in [5.74, 6) is 0.876. The maximum atomic E-state index is 12.2. The van der Waals surface area contributed by atoms with Gasteiger partial charge in [0.25, 0.3) is 0 Å². The number of hydrogen-bond donors (Lipinski definition) is 2. The van der Waals surface area contributed by atoms with E-state index >= 15 is 0 Å². The Morgan fingerprint density at radius 2 is 1.72 bits per heavy atom. The molecule has 0 aliphatic carbocycles. The SMILES string of the molecule is Cc1cc(Sc2ncccn2)ccc1NC(=O)NCCOc1c(C)cccc1C. The van der Waals surface area contributed by atoms with E-state index in [1.165, 1.54) is 11.8 Å². The van der Waals surface area contributed by atoms with Crippen LogP contribution in [-0.2, 0) is 0 Å². The minimum atomic E-state index is -0.259. The molecule has 0 fully saturated rings. The number of hydrogen-bond acceptors (Lipinski definition) is 5. The van der Waals surface area contributed by atoms with E-state index in [1.807, 2.05) is 57.2 Å². The van der Waals surface area contributed by atoms with Gasteiger partial charge >= 0.3 is 6.03 Å². The molecule has 0 unspecified atom stereocenters. The van der Waals surface area contributed by atoms with Crippen LogP contribution in [0.3, 0.4) is 0 Å². The summed E-state index contributed by atoms with van der Waals surface area (Å²) in [7, 11) is 0. The van der Waals surface area contributed by atoms with Crippen LogP contribution in [0.5, 0.6) is 5.75 Å². The van der Waals surface area contributed by atoms with Gasteiger partial charge in [-0.1, -0.05) is 18.2 Å². The molecule has 3 aromatic rings. The third kappa shape index (κ3) is 5.96. The molecule has 7 heteroatoms. The smallest absolute Gasteiger partial charge is 0.319 e. The quantitative estimate of drug-likeness (QED) is 0.436. The van der Waals surface area contributed by atoms with Crippen molar-refractivity contribution >= 4 is 23.5 Å². The van der Waals surface area contributed by atoms with E-state index in [0.717, 1.165) is 33.0 Å². The van der Waals surface area contributed by atoms with Crippen molar-refractivity contribution in [1.29, 1.82) is 0 Å². The predicted molar refractivity (Wildman–Crippen MR) is 116 cm³/mol. The number of carbonyl (C=O) groups excluding carboxylic acids is 1. The number of amides is 2. The van der Waals surface area contributed by atoms with Crippen molar-refractivity contribution < 1.29 is 9.53 Å². The fourth-order valence-electron chi connectivity index (χ4n) is 2.79. The summed E-state index contributed by atoms with van der Waals surface area (Å²) < 4.78 is 5.81. The molecule has 0 saturated carbocycles. The minimum absolute atomic E-state index is 0.259. The van der Waals surface area contributed by atoms with E-state index in [0.29, 0.717) is 18.3 Å². The molecule has 1 aromatic heterocycles. The summed E-state index contributed by atoms with van der Waals surface area (Å²) in [5, 5.41) is 6.39. The zero-order valence-electron chi connectivity index (χ0n) is 16.7. The number of aromatic nitrogens is 2. The first-order chi connectivity index (χ1) is 14.0. The largest absolute Gasteiger partial charge is 0.491 e. The van der Waals surface area contributed by atoms with Crippen LogP contribution >= 0.6 is 11.8 Å². The maximum Gasteiger partial charge on any atom is 0.319 e. The number of urea groups is 1. The lowest BCUT2D eigenvalue weighted by molar-refractivity contribution is 0.247. The summed E-state index contributed by atoms with van der Waals surface area (Å²) >= 11 is 1.48. The average molecular weight is 409 g/mol. The fraction of sp³-hybridized carbons (Fsp3) is 0.227. The second-order valence-electron chi connectivity index (χ2n) is 6.56. The van der Waals surface area contributed by atoms with Crippen molar-refractivity contribution in [1.82, 2.24) is 15.3 Å². The van der Waals surface area contributed by atoms with Crippen LogP contribution in [0.4, 0.5) is 10.5 Å². The minimum Gasteiger partial charge on any atom is -0.491 e. The van der Waals surface area contributed by atoms with E-state index < -0.39 is 0 Å². The molecule has 3 rings (SSSR count). The van der Waals surface area contributed by atoms with Gasteiger partial charge in [-0.25, -0.2) is 14.8 Å². The number of para-hydroxylation sites is 1. The highest BCUT2D eigenvalue weighted by molar-refractivity contribution is 7.99. The third-order valence-electron chi connectivity index (χ3n) is 4.24. The lowest BCUT2D eigenvalue weighted by Crippen LogP contribution is -2.32. The van der Waals surface area contributed by atoms with Crippen LogP contribution in [0.1, 0.15) is 16.7 Å². The van der Waals surface area contributed by atoms with Gasteiger partial charge in [0.05, 0.1) is 6.54 Å². The van der Waals surface area contributed by atoms with Crippen LogP contribution in [0, 0.1) is 20.8 Å². The molecule has 2 aromatic carbocycles. The molecule has 0 saturated heterocycles. The van der Waals surface area contributed by atoms with Gasteiger partial charge in [-0.3, -0.25) is 0 Å². The van der Waals surface area contributed by atoms with Gasteiger partial charge in [-0.2, -0.15) is 0 Å². The summed E-state index contributed by atoms with van der Waals surface area (Å²) in [6.07, 6.45) is 3.43. The maximum absolute atomic E-state index is 12.2. The number of benzene rings is 2. The number of nitrogens with zero attached hydrogens (tertiary/aromatic N) is 2. The molecule has 0 bridgehead atoms. The predicted octanol–water partition coefficient (Wildman–Crippen LogP) is 4.75. The Bertz CT molecular complexity index is 960. The Hall–Kier alpha value is -3.06. The molecule has 0 spiro atoms. The summed E-state index contributed by atoms with van der Waals surface area (Å²) in [6.45, 7) is 6.80. The van der Waals surface area contributed by atoms with Gasteiger partial charge < -0.3 is 15.4 Å². The third-order valence-corrected chi connectivity index (χ3v) is 5.12. The van der Waals surface area contributed by atoms with Gasteiger partial charge in [0.2, 0.25) is 0 Å². The summed E-state index contributed by atoms with van der Waals surface area (Å²) in [6, 6.07) is 13.4. The first-order valence-corrected chi connectivity index (χ1v) is 10.1. The summed E-state index contributed by atoms with van der Waals surface area (Å²) in [5.41, 5.74) is 3.90. The van der Waals surface area contributed by atoms with Crippen molar-refractivity contribution in [2.24, 2.45) is 0 Å². The molecule has 0 atom stereocenters. The number of anilines is 1. The second kappa shape index (κ2) is 9.93. The van der Waals surface area contributed by atoms with Crippen LogP contribution in [-0.4, -0.2) is 29.2 Å². The molecule has 6 nitrogen and oxygen atoms in total. The van der Waals surface area contributed by atoms with E-state index in [2.05, 4.69) is 20.6 Å². The number of ether oxygens (including phenoxy) is 1. The van der Waals surface area contributed by atoms with Gasteiger partial charge in [0, 0.05) is 23.0 Å². The van der Waals surface area contributed by atoms with Crippen molar-refractivity contribution in [3.05, 3.63) is 71.5 Å². The van der Waals surface area contributed by atoms with Gasteiger partial charge in [-0.05, 0) is 73.5 Å². The standard InChI is InChI=1S/C22H24N4O2S/c1-15-6-4-7-16(2)20(15)28-13-12-23-21(27)26-19-9-8-18(14-17(19)3)29-22-24-10-5-11-25-22/h4-11,14H,12-13H2,1-3H3,(H2,23,26,27). The van der Waals surface area contributed by atoms with Crippen LogP contribution < -0.4 is 15.4 Å². The highest BCUT2D eigenvalue weighted by atomic mass is 32.2. The molecule has 150 valence electrons. The van der Waals surface area contributed by atoms with Crippen molar-refractivity contribution in [3.63, 3.8) is 0 Å². The number of aryl methyl sites for hydroxylation is 3. The number of nitrogens with one attached hydrogen (secondary N) is 2. The van der Waals surface area contributed by atoms with E-state index in [1.54, 1.807) is 18.5 Å². The van der Waals surface area contributed by atoms with Gasteiger partial charge in [0.1, 0.15) is 12.4 Å². The second-order valence-corrected chi connectivity index (χ2v) is 7.60. The van der Waals surface area contributed by atoms with E-state index in [4.69, 9.17) is 4.74 Å². The van der Waals surface area contributed by atoms with E-state index in [-0.39, 0.29) is 6.03 Å². The Balaban J connectivity index is 1.47. The van der Waals surface area contributed by atoms with Gasteiger partial charge in [0.15, 0.2) is 5.16 Å². The van der Waals surface area contributed by atoms with Crippen molar-refractivity contribution in [2.75, 3.05) is 18.5 Å².